The second-order valence-corrected chi connectivity index (χ2v) is 8.08. The molecule has 6 nitrogen and oxygen atoms in total. The van der Waals surface area contributed by atoms with Crippen molar-refractivity contribution in [2.45, 2.75) is 50.3 Å². The molecule has 0 radical (unpaired) electrons. The first-order chi connectivity index (χ1) is 11.1. The number of halogens is 1. The van der Waals surface area contributed by atoms with Crippen LogP contribution < -0.4 is 10.6 Å². The fraction of sp³-hybridized carbons (Fsp3) is 0.750. The van der Waals surface area contributed by atoms with E-state index in [9.17, 15) is 4.21 Å². The highest BCUT2D eigenvalue weighted by atomic mass is 127. The number of rotatable bonds is 6. The SMILES string of the molecule is CCS(=O)C1CCCC(NC(=NC)NCCc2cnn(C)c2)C1.I. The molecule has 1 saturated carbocycles. The molecule has 3 atom stereocenters. The van der Waals surface area contributed by atoms with Crippen LogP contribution in [0.4, 0.5) is 0 Å². The van der Waals surface area contributed by atoms with Crippen molar-refractivity contribution < 1.29 is 4.21 Å². The molecule has 1 aliphatic carbocycles. The Morgan fingerprint density at radius 2 is 2.29 bits per heavy atom. The summed E-state index contributed by atoms with van der Waals surface area (Å²) in [4.78, 5) is 4.31. The van der Waals surface area contributed by atoms with Crippen LogP contribution >= 0.6 is 24.0 Å². The third-order valence-corrected chi connectivity index (χ3v) is 6.05. The average Bonchev–Trinajstić information content (AvgIpc) is 2.98. The van der Waals surface area contributed by atoms with Crippen molar-refractivity contribution in [2.75, 3.05) is 19.3 Å². The van der Waals surface area contributed by atoms with E-state index in [1.165, 1.54) is 5.56 Å². The van der Waals surface area contributed by atoms with Gasteiger partial charge in [0.2, 0.25) is 0 Å². The molecule has 0 bridgehead atoms. The van der Waals surface area contributed by atoms with Gasteiger partial charge in [0.25, 0.3) is 0 Å². The highest BCUT2D eigenvalue weighted by molar-refractivity contribution is 14.0. The van der Waals surface area contributed by atoms with Crippen LogP contribution in [0, 0.1) is 0 Å². The number of nitrogens with zero attached hydrogens (tertiary/aromatic N) is 3. The Morgan fingerprint density at radius 1 is 1.50 bits per heavy atom. The van der Waals surface area contributed by atoms with Crippen molar-refractivity contribution in [3.63, 3.8) is 0 Å². The van der Waals surface area contributed by atoms with Crippen LogP contribution in [0.15, 0.2) is 17.4 Å². The first kappa shape index (κ1) is 21.4. The lowest BCUT2D eigenvalue weighted by molar-refractivity contribution is 0.413. The maximum Gasteiger partial charge on any atom is 0.191 e. The predicted octanol–water partition coefficient (Wildman–Crippen LogP) is 1.83. The van der Waals surface area contributed by atoms with Gasteiger partial charge in [-0.3, -0.25) is 13.9 Å². The molecule has 2 N–H and O–H groups in total. The van der Waals surface area contributed by atoms with Gasteiger partial charge in [-0.1, -0.05) is 13.3 Å². The minimum atomic E-state index is -0.688. The maximum atomic E-state index is 12.0. The van der Waals surface area contributed by atoms with E-state index < -0.39 is 10.8 Å². The highest BCUT2D eigenvalue weighted by Gasteiger charge is 2.25. The molecule has 8 heteroatoms. The summed E-state index contributed by atoms with van der Waals surface area (Å²) in [5.74, 6) is 1.59. The minimum absolute atomic E-state index is 0. The molecule has 138 valence electrons. The van der Waals surface area contributed by atoms with Crippen molar-refractivity contribution in [2.24, 2.45) is 12.0 Å². The Hall–Kier alpha value is -0.640. The first-order valence-electron chi connectivity index (χ1n) is 8.44. The Bertz CT molecular complexity index is 548. The second-order valence-electron chi connectivity index (χ2n) is 6.07. The minimum Gasteiger partial charge on any atom is -0.356 e. The molecule has 1 heterocycles. The van der Waals surface area contributed by atoms with E-state index >= 15 is 0 Å². The lowest BCUT2D eigenvalue weighted by Gasteiger charge is -2.30. The van der Waals surface area contributed by atoms with Crippen LogP contribution in [0.5, 0.6) is 0 Å². The number of guanidine groups is 1. The Balaban J connectivity index is 0.00000288. The number of nitrogens with one attached hydrogen (secondary N) is 2. The Kier molecular flexibility index (Phi) is 9.87. The van der Waals surface area contributed by atoms with Crippen LogP contribution in [0.3, 0.4) is 0 Å². The van der Waals surface area contributed by atoms with Gasteiger partial charge < -0.3 is 10.6 Å². The van der Waals surface area contributed by atoms with Crippen molar-refractivity contribution in [1.82, 2.24) is 20.4 Å². The molecule has 1 fully saturated rings. The van der Waals surface area contributed by atoms with Gasteiger partial charge in [-0.15, -0.1) is 24.0 Å². The smallest absolute Gasteiger partial charge is 0.191 e. The normalized spacial score (nSPS) is 22.5. The summed E-state index contributed by atoms with van der Waals surface area (Å²) in [5, 5.41) is 11.4. The molecule has 1 aliphatic rings. The van der Waals surface area contributed by atoms with Gasteiger partial charge in [-0.05, 0) is 31.2 Å². The van der Waals surface area contributed by atoms with Gasteiger partial charge in [0.1, 0.15) is 0 Å². The number of hydrogen-bond acceptors (Lipinski definition) is 3. The van der Waals surface area contributed by atoms with Crippen molar-refractivity contribution in [3.8, 4) is 0 Å². The van der Waals surface area contributed by atoms with E-state index in [0.717, 1.165) is 50.4 Å². The van der Waals surface area contributed by atoms with Crippen LogP contribution in [0.25, 0.3) is 0 Å². The Labute approximate surface area is 164 Å². The zero-order valence-corrected chi connectivity index (χ0v) is 18.0. The number of aromatic nitrogens is 2. The van der Waals surface area contributed by atoms with Gasteiger partial charge >= 0.3 is 0 Å². The highest BCUT2D eigenvalue weighted by Crippen LogP contribution is 2.22. The molecule has 3 unspecified atom stereocenters. The van der Waals surface area contributed by atoms with E-state index in [0.29, 0.717) is 11.3 Å². The zero-order valence-electron chi connectivity index (χ0n) is 14.8. The molecule has 24 heavy (non-hydrogen) atoms. The quantitative estimate of drug-likeness (QED) is 0.381. The summed E-state index contributed by atoms with van der Waals surface area (Å²) in [7, 11) is 3.03. The van der Waals surface area contributed by atoms with Gasteiger partial charge in [-0.25, -0.2) is 0 Å². The standard InChI is InChI=1S/C16H29N5OS.HI/c1-4-23(22)15-7-5-6-14(10-15)20-16(17-2)18-9-8-13-11-19-21(3)12-13;/h11-12,14-15H,4-10H2,1-3H3,(H2,17,18,20);1H. The summed E-state index contributed by atoms with van der Waals surface area (Å²) < 4.78 is 13.8. The predicted molar refractivity (Wildman–Crippen MR) is 112 cm³/mol. The topological polar surface area (TPSA) is 71.3 Å². The molecular weight excluding hydrogens is 437 g/mol. The number of hydrogen-bond donors (Lipinski definition) is 2. The zero-order chi connectivity index (χ0) is 16.7. The summed E-state index contributed by atoms with van der Waals surface area (Å²) in [6, 6.07) is 0.369. The van der Waals surface area contributed by atoms with Crippen LogP contribution in [-0.4, -0.2) is 50.6 Å². The average molecular weight is 467 g/mol. The molecule has 0 saturated heterocycles. The molecule has 0 aliphatic heterocycles. The molecule has 0 spiro atoms. The molecule has 1 aromatic heterocycles. The van der Waals surface area contributed by atoms with E-state index in [2.05, 4.69) is 20.7 Å². The fourth-order valence-electron chi connectivity index (χ4n) is 3.06. The van der Waals surface area contributed by atoms with Crippen molar-refractivity contribution in [3.05, 3.63) is 18.0 Å². The summed E-state index contributed by atoms with van der Waals surface area (Å²) in [5.41, 5.74) is 1.21. The first-order valence-corrected chi connectivity index (χ1v) is 9.82. The van der Waals surface area contributed by atoms with E-state index in [4.69, 9.17) is 0 Å². The third-order valence-electron chi connectivity index (χ3n) is 4.31. The monoisotopic (exact) mass is 467 g/mol. The molecule has 2 rings (SSSR count). The molecule has 1 aromatic rings. The van der Waals surface area contributed by atoms with Crippen LogP contribution in [0.2, 0.25) is 0 Å². The van der Waals surface area contributed by atoms with Gasteiger partial charge in [-0.2, -0.15) is 5.10 Å². The van der Waals surface area contributed by atoms with Gasteiger partial charge in [0, 0.05) is 54.7 Å². The second kappa shape index (κ2) is 11.1. The third kappa shape index (κ3) is 6.70. The van der Waals surface area contributed by atoms with E-state index in [1.807, 2.05) is 31.0 Å². The fourth-order valence-corrected chi connectivity index (χ4v) is 4.41. The summed E-state index contributed by atoms with van der Waals surface area (Å²) in [6.45, 7) is 2.83. The largest absolute Gasteiger partial charge is 0.356 e. The van der Waals surface area contributed by atoms with Gasteiger partial charge in [0.05, 0.1) is 6.20 Å². The Morgan fingerprint density at radius 3 is 2.92 bits per heavy atom. The molecular formula is C16H30IN5OS. The summed E-state index contributed by atoms with van der Waals surface area (Å²) >= 11 is 0. The number of aryl methyl sites for hydroxylation is 1. The molecule has 0 amide bonds. The van der Waals surface area contributed by atoms with Crippen molar-refractivity contribution >= 4 is 40.7 Å². The van der Waals surface area contributed by atoms with Crippen LogP contribution in [0.1, 0.15) is 38.2 Å². The lowest BCUT2D eigenvalue weighted by Crippen LogP contribution is -2.47. The number of aliphatic imine (C=N–C) groups is 1. The van der Waals surface area contributed by atoms with Crippen LogP contribution in [-0.2, 0) is 24.3 Å². The maximum absolute atomic E-state index is 12.0. The molecule has 0 aromatic carbocycles. The van der Waals surface area contributed by atoms with Gasteiger partial charge in [0.15, 0.2) is 5.96 Å². The van der Waals surface area contributed by atoms with Crippen molar-refractivity contribution in [1.29, 1.82) is 0 Å². The van der Waals surface area contributed by atoms with E-state index in [1.54, 1.807) is 7.05 Å². The lowest BCUT2D eigenvalue weighted by atomic mass is 9.95. The summed E-state index contributed by atoms with van der Waals surface area (Å²) in [6.07, 6.45) is 9.17. The van der Waals surface area contributed by atoms with E-state index in [-0.39, 0.29) is 24.0 Å².